The van der Waals surface area contributed by atoms with Crippen LogP contribution in [0.5, 0.6) is 5.75 Å². The molecule has 0 fully saturated rings. The summed E-state index contributed by atoms with van der Waals surface area (Å²) in [6.45, 7) is -0.00383. The zero-order valence-electron chi connectivity index (χ0n) is 13.2. The number of hydrogen-bond acceptors (Lipinski definition) is 4. The Labute approximate surface area is 136 Å². The summed E-state index contributed by atoms with van der Waals surface area (Å²) in [5, 5.41) is 8.46. The summed E-state index contributed by atoms with van der Waals surface area (Å²) in [6, 6.07) is 16.6. The molecule has 0 atom stereocenters. The van der Waals surface area contributed by atoms with Crippen molar-refractivity contribution in [3.8, 4) is 11.8 Å². The van der Waals surface area contributed by atoms with Gasteiger partial charge in [-0.3, -0.25) is 4.79 Å². The lowest BCUT2D eigenvalue weighted by molar-refractivity contribution is 0.104. The molecule has 0 saturated heterocycles. The molecular weight excluding hydrogens is 288 g/mol. The van der Waals surface area contributed by atoms with Crippen molar-refractivity contribution in [1.29, 1.82) is 5.26 Å². The quantitative estimate of drug-likeness (QED) is 0.605. The van der Waals surface area contributed by atoms with Crippen LogP contribution in [-0.4, -0.2) is 26.5 Å². The number of ketones is 1. The predicted octanol–water partition coefficient (Wildman–Crippen LogP) is 3.55. The highest BCUT2D eigenvalue weighted by atomic mass is 16.5. The van der Waals surface area contributed by atoms with Crippen molar-refractivity contribution in [3.05, 3.63) is 65.7 Å². The van der Waals surface area contributed by atoms with Crippen LogP contribution in [0.1, 0.15) is 15.9 Å². The van der Waals surface area contributed by atoms with Gasteiger partial charge in [-0.2, -0.15) is 5.26 Å². The van der Waals surface area contributed by atoms with E-state index in [9.17, 15) is 4.79 Å². The number of allylic oxidation sites excluding steroid dienone is 1. The van der Waals surface area contributed by atoms with E-state index in [0.717, 1.165) is 11.3 Å². The van der Waals surface area contributed by atoms with E-state index in [1.165, 1.54) is 0 Å². The van der Waals surface area contributed by atoms with Crippen LogP contribution < -0.4 is 9.64 Å². The molecule has 0 heterocycles. The van der Waals surface area contributed by atoms with Crippen LogP contribution in [0.25, 0.3) is 6.08 Å². The molecule has 0 bridgehead atoms. The van der Waals surface area contributed by atoms with Gasteiger partial charge >= 0.3 is 0 Å². The van der Waals surface area contributed by atoms with Gasteiger partial charge in [0.2, 0.25) is 0 Å². The van der Waals surface area contributed by atoms with Gasteiger partial charge in [0.25, 0.3) is 0 Å². The minimum Gasteiger partial charge on any atom is -0.479 e. The Kier molecular flexibility index (Phi) is 5.54. The van der Waals surface area contributed by atoms with Crippen molar-refractivity contribution in [1.82, 2.24) is 0 Å². The van der Waals surface area contributed by atoms with Gasteiger partial charge in [0.1, 0.15) is 11.8 Å². The van der Waals surface area contributed by atoms with Crippen molar-refractivity contribution < 1.29 is 9.53 Å². The Balaban J connectivity index is 2.01. The molecule has 4 heteroatoms. The molecule has 2 aromatic carbocycles. The van der Waals surface area contributed by atoms with Gasteiger partial charge in [-0.1, -0.05) is 18.2 Å². The summed E-state index contributed by atoms with van der Waals surface area (Å²) < 4.78 is 5.16. The van der Waals surface area contributed by atoms with Gasteiger partial charge in [-0.25, -0.2) is 0 Å². The number of nitriles is 1. The molecular formula is C19H18N2O2. The number of hydrogen-bond donors (Lipinski definition) is 0. The molecule has 0 aliphatic carbocycles. The van der Waals surface area contributed by atoms with Crippen molar-refractivity contribution in [3.63, 3.8) is 0 Å². The van der Waals surface area contributed by atoms with Crippen molar-refractivity contribution in [2.24, 2.45) is 0 Å². The lowest BCUT2D eigenvalue weighted by atomic mass is 10.1. The van der Waals surface area contributed by atoms with Crippen LogP contribution in [-0.2, 0) is 0 Å². The fourth-order valence-electron chi connectivity index (χ4n) is 1.98. The first-order valence-corrected chi connectivity index (χ1v) is 7.20. The van der Waals surface area contributed by atoms with E-state index in [2.05, 4.69) is 0 Å². The number of nitrogens with zero attached hydrogens (tertiary/aromatic N) is 2. The molecule has 0 amide bonds. The molecule has 2 aromatic rings. The molecule has 4 nitrogen and oxygen atoms in total. The van der Waals surface area contributed by atoms with E-state index in [-0.39, 0.29) is 12.4 Å². The molecule has 0 spiro atoms. The van der Waals surface area contributed by atoms with Crippen LogP contribution in [0.2, 0.25) is 0 Å². The summed E-state index contributed by atoms with van der Waals surface area (Å²) in [7, 11) is 3.97. The molecule has 23 heavy (non-hydrogen) atoms. The topological polar surface area (TPSA) is 53.3 Å². The van der Waals surface area contributed by atoms with Crippen molar-refractivity contribution >= 4 is 17.5 Å². The zero-order valence-corrected chi connectivity index (χ0v) is 13.2. The van der Waals surface area contributed by atoms with E-state index < -0.39 is 0 Å². The summed E-state index contributed by atoms with van der Waals surface area (Å²) in [4.78, 5) is 14.2. The Morgan fingerprint density at radius 2 is 1.78 bits per heavy atom. The second-order valence-electron chi connectivity index (χ2n) is 5.15. The second kappa shape index (κ2) is 7.81. The average molecular weight is 306 g/mol. The average Bonchev–Trinajstić information content (AvgIpc) is 2.58. The lowest BCUT2D eigenvalue weighted by Crippen LogP contribution is -2.07. The summed E-state index contributed by atoms with van der Waals surface area (Å²) in [6.07, 6.45) is 3.34. The first-order valence-electron chi connectivity index (χ1n) is 7.20. The van der Waals surface area contributed by atoms with E-state index >= 15 is 0 Å². The fraction of sp³-hybridized carbons (Fsp3) is 0.158. The van der Waals surface area contributed by atoms with Gasteiger partial charge in [0, 0.05) is 25.3 Å². The molecule has 116 valence electrons. The molecule has 0 aliphatic heterocycles. The smallest absolute Gasteiger partial charge is 0.185 e. The highest BCUT2D eigenvalue weighted by Gasteiger charge is 2.02. The van der Waals surface area contributed by atoms with Crippen LogP contribution in [0, 0.1) is 11.3 Å². The molecule has 0 aliphatic rings. The monoisotopic (exact) mass is 306 g/mol. The van der Waals surface area contributed by atoms with Gasteiger partial charge in [-0.15, -0.1) is 0 Å². The molecule has 2 rings (SSSR count). The maximum atomic E-state index is 12.1. The van der Waals surface area contributed by atoms with E-state index in [1.807, 2.05) is 49.3 Å². The summed E-state index contributed by atoms with van der Waals surface area (Å²) in [5.41, 5.74) is 2.66. The summed E-state index contributed by atoms with van der Waals surface area (Å²) >= 11 is 0. The second-order valence-corrected chi connectivity index (χ2v) is 5.15. The Hall–Kier alpha value is -3.06. The molecule has 0 aromatic heterocycles. The number of rotatable bonds is 6. The third-order valence-corrected chi connectivity index (χ3v) is 3.28. The van der Waals surface area contributed by atoms with Gasteiger partial charge in [-0.05, 0) is 48.0 Å². The minimum absolute atomic E-state index is 0.00383. The highest BCUT2D eigenvalue weighted by molar-refractivity contribution is 6.06. The largest absolute Gasteiger partial charge is 0.479 e. The predicted molar refractivity (Wildman–Crippen MR) is 91.7 cm³/mol. The molecule has 0 radical (unpaired) electrons. The number of carbonyl (C=O) groups excluding carboxylic acids is 1. The van der Waals surface area contributed by atoms with Crippen molar-refractivity contribution in [2.75, 3.05) is 25.6 Å². The first kappa shape index (κ1) is 16.3. The van der Waals surface area contributed by atoms with Crippen LogP contribution >= 0.6 is 0 Å². The third-order valence-electron chi connectivity index (χ3n) is 3.28. The van der Waals surface area contributed by atoms with Crippen LogP contribution in [0.4, 0.5) is 5.69 Å². The van der Waals surface area contributed by atoms with Gasteiger partial charge < -0.3 is 9.64 Å². The van der Waals surface area contributed by atoms with E-state index in [1.54, 1.807) is 36.4 Å². The number of ether oxygens (including phenoxy) is 1. The first-order chi connectivity index (χ1) is 11.1. The number of anilines is 1. The standard InChI is InChI=1S/C19H18N2O2/c1-21(2)17-8-3-15(4-9-17)5-12-19(22)16-6-10-18(11-7-16)23-14-13-20/h3-12H,14H2,1-2H3/b12-5+. The van der Waals surface area contributed by atoms with E-state index in [0.29, 0.717) is 11.3 Å². The lowest BCUT2D eigenvalue weighted by Gasteiger charge is -2.11. The fourth-order valence-corrected chi connectivity index (χ4v) is 1.98. The van der Waals surface area contributed by atoms with Crippen LogP contribution in [0.3, 0.4) is 0 Å². The van der Waals surface area contributed by atoms with Gasteiger partial charge in [0.15, 0.2) is 12.4 Å². The zero-order chi connectivity index (χ0) is 16.7. The van der Waals surface area contributed by atoms with Gasteiger partial charge in [0.05, 0.1) is 0 Å². The third kappa shape index (κ3) is 4.72. The maximum Gasteiger partial charge on any atom is 0.185 e. The SMILES string of the molecule is CN(C)c1ccc(/C=C/C(=O)c2ccc(OCC#N)cc2)cc1. The normalized spacial score (nSPS) is 10.3. The Morgan fingerprint density at radius 1 is 1.13 bits per heavy atom. The number of carbonyl (C=O) groups is 1. The molecule has 0 saturated carbocycles. The summed E-state index contributed by atoms with van der Waals surface area (Å²) in [5.74, 6) is 0.500. The van der Waals surface area contributed by atoms with Crippen LogP contribution in [0.15, 0.2) is 54.6 Å². The maximum absolute atomic E-state index is 12.1. The number of benzene rings is 2. The highest BCUT2D eigenvalue weighted by Crippen LogP contribution is 2.15. The minimum atomic E-state index is -0.0754. The van der Waals surface area contributed by atoms with Crippen molar-refractivity contribution in [2.45, 2.75) is 0 Å². The Morgan fingerprint density at radius 3 is 2.35 bits per heavy atom. The van der Waals surface area contributed by atoms with E-state index in [4.69, 9.17) is 10.00 Å². The Bertz CT molecular complexity index is 723. The molecule has 0 N–H and O–H groups in total. The molecule has 0 unspecified atom stereocenters.